The van der Waals surface area contributed by atoms with Crippen molar-refractivity contribution in [1.29, 1.82) is 0 Å². The number of likely N-dealkylation sites (N-methyl/N-ethyl adjacent to an activating group) is 1. The molecule has 84 valence electrons. The van der Waals surface area contributed by atoms with Crippen LogP contribution in [-0.2, 0) is 6.54 Å². The summed E-state index contributed by atoms with van der Waals surface area (Å²) in [5.74, 6) is -0.355. The quantitative estimate of drug-likeness (QED) is 0.825. The van der Waals surface area contributed by atoms with Crippen molar-refractivity contribution in [1.82, 2.24) is 25.3 Å². The van der Waals surface area contributed by atoms with E-state index in [4.69, 9.17) is 0 Å². The predicted octanol–water partition coefficient (Wildman–Crippen LogP) is 0.699. The van der Waals surface area contributed by atoms with E-state index in [1.54, 1.807) is 16.9 Å². The standard InChI is InChI=1S/C10H12FN5/c1-12-4-5-16-7-10(14-15-16)9-3-2-8(11)6-13-9/h2-3,6-7,12H,4-5H2,1H3. The van der Waals surface area contributed by atoms with E-state index < -0.39 is 0 Å². The van der Waals surface area contributed by atoms with Gasteiger partial charge in [0, 0.05) is 6.54 Å². The summed E-state index contributed by atoms with van der Waals surface area (Å²) in [5, 5.41) is 10.9. The molecule has 0 aliphatic heterocycles. The van der Waals surface area contributed by atoms with Gasteiger partial charge < -0.3 is 5.32 Å². The van der Waals surface area contributed by atoms with Crippen molar-refractivity contribution in [3.8, 4) is 11.4 Å². The Labute approximate surface area is 92.3 Å². The molecule has 2 aromatic rings. The number of rotatable bonds is 4. The van der Waals surface area contributed by atoms with Crippen LogP contribution in [0, 0.1) is 5.82 Å². The van der Waals surface area contributed by atoms with Crippen molar-refractivity contribution in [2.75, 3.05) is 13.6 Å². The van der Waals surface area contributed by atoms with E-state index in [9.17, 15) is 4.39 Å². The zero-order valence-electron chi connectivity index (χ0n) is 8.89. The van der Waals surface area contributed by atoms with Crippen LogP contribution in [0.3, 0.4) is 0 Å². The second kappa shape index (κ2) is 4.80. The van der Waals surface area contributed by atoms with E-state index in [-0.39, 0.29) is 5.82 Å². The summed E-state index contributed by atoms with van der Waals surface area (Å²) in [7, 11) is 1.87. The molecule has 0 radical (unpaired) electrons. The average molecular weight is 221 g/mol. The SMILES string of the molecule is CNCCn1cc(-c2ccc(F)cn2)nn1. The maximum atomic E-state index is 12.7. The number of aromatic nitrogens is 4. The molecule has 0 atom stereocenters. The largest absolute Gasteiger partial charge is 0.318 e. The van der Waals surface area contributed by atoms with Crippen LogP contribution in [-0.4, -0.2) is 33.6 Å². The molecular weight excluding hydrogens is 209 g/mol. The molecule has 0 unspecified atom stereocenters. The van der Waals surface area contributed by atoms with E-state index >= 15 is 0 Å². The molecule has 0 bridgehead atoms. The highest BCUT2D eigenvalue weighted by atomic mass is 19.1. The lowest BCUT2D eigenvalue weighted by Crippen LogP contribution is -2.15. The first-order chi connectivity index (χ1) is 7.79. The van der Waals surface area contributed by atoms with E-state index in [1.165, 1.54) is 12.3 Å². The Morgan fingerprint density at radius 1 is 1.38 bits per heavy atom. The fourth-order valence-corrected chi connectivity index (χ4v) is 1.28. The number of pyridine rings is 1. The zero-order chi connectivity index (χ0) is 11.4. The molecule has 0 spiro atoms. The highest BCUT2D eigenvalue weighted by Crippen LogP contribution is 2.12. The van der Waals surface area contributed by atoms with Gasteiger partial charge in [0.1, 0.15) is 11.5 Å². The Hall–Kier alpha value is -1.82. The van der Waals surface area contributed by atoms with E-state index in [0.717, 1.165) is 13.1 Å². The number of nitrogens with zero attached hydrogens (tertiary/aromatic N) is 4. The first-order valence-electron chi connectivity index (χ1n) is 4.96. The molecule has 0 aliphatic carbocycles. The van der Waals surface area contributed by atoms with Gasteiger partial charge in [0.15, 0.2) is 0 Å². The van der Waals surface area contributed by atoms with Gasteiger partial charge >= 0.3 is 0 Å². The van der Waals surface area contributed by atoms with Crippen molar-refractivity contribution in [2.45, 2.75) is 6.54 Å². The minimum atomic E-state index is -0.355. The average Bonchev–Trinajstić information content (AvgIpc) is 2.76. The van der Waals surface area contributed by atoms with Gasteiger partial charge in [0.05, 0.1) is 24.6 Å². The Kier molecular flexibility index (Phi) is 3.21. The Morgan fingerprint density at radius 3 is 2.94 bits per heavy atom. The summed E-state index contributed by atoms with van der Waals surface area (Å²) in [4.78, 5) is 3.94. The molecular formula is C10H12FN5. The number of hydrogen-bond donors (Lipinski definition) is 1. The van der Waals surface area contributed by atoms with E-state index in [1.807, 2.05) is 7.05 Å². The molecule has 0 amide bonds. The topological polar surface area (TPSA) is 55.6 Å². The smallest absolute Gasteiger partial charge is 0.141 e. The van der Waals surface area contributed by atoms with Crippen LogP contribution in [0.4, 0.5) is 4.39 Å². The first-order valence-corrected chi connectivity index (χ1v) is 4.96. The lowest BCUT2D eigenvalue weighted by Gasteiger charge is -1.97. The van der Waals surface area contributed by atoms with Crippen molar-refractivity contribution < 1.29 is 4.39 Å². The first kappa shape index (κ1) is 10.7. The molecule has 2 heterocycles. The minimum absolute atomic E-state index is 0.355. The van der Waals surface area contributed by atoms with E-state index in [0.29, 0.717) is 11.4 Å². The second-order valence-electron chi connectivity index (χ2n) is 3.33. The van der Waals surface area contributed by atoms with Gasteiger partial charge in [-0.15, -0.1) is 5.10 Å². The lowest BCUT2D eigenvalue weighted by atomic mass is 10.3. The van der Waals surface area contributed by atoms with Gasteiger partial charge in [-0.05, 0) is 19.2 Å². The monoisotopic (exact) mass is 221 g/mol. The number of halogens is 1. The fourth-order valence-electron chi connectivity index (χ4n) is 1.28. The van der Waals surface area contributed by atoms with Crippen LogP contribution in [0.1, 0.15) is 0 Å². The predicted molar refractivity (Wildman–Crippen MR) is 57.1 cm³/mol. The highest BCUT2D eigenvalue weighted by Gasteiger charge is 2.04. The van der Waals surface area contributed by atoms with Gasteiger partial charge in [-0.3, -0.25) is 9.67 Å². The number of hydrogen-bond acceptors (Lipinski definition) is 4. The molecule has 1 N–H and O–H groups in total. The molecule has 5 nitrogen and oxygen atoms in total. The van der Waals surface area contributed by atoms with Gasteiger partial charge in [0.25, 0.3) is 0 Å². The van der Waals surface area contributed by atoms with Crippen LogP contribution in [0.25, 0.3) is 11.4 Å². The van der Waals surface area contributed by atoms with Gasteiger partial charge in [-0.25, -0.2) is 4.39 Å². The zero-order valence-corrected chi connectivity index (χ0v) is 8.89. The molecule has 0 saturated heterocycles. The molecule has 16 heavy (non-hydrogen) atoms. The lowest BCUT2D eigenvalue weighted by molar-refractivity contribution is 0.565. The van der Waals surface area contributed by atoms with Gasteiger partial charge in [-0.2, -0.15) is 0 Å². The molecule has 0 aliphatic rings. The van der Waals surface area contributed by atoms with Crippen molar-refractivity contribution in [2.24, 2.45) is 0 Å². The third-order valence-corrected chi connectivity index (χ3v) is 2.12. The van der Waals surface area contributed by atoms with Crippen molar-refractivity contribution >= 4 is 0 Å². The van der Waals surface area contributed by atoms with Crippen LogP contribution < -0.4 is 5.32 Å². The third-order valence-electron chi connectivity index (χ3n) is 2.12. The van der Waals surface area contributed by atoms with Crippen LogP contribution in [0.2, 0.25) is 0 Å². The minimum Gasteiger partial charge on any atom is -0.318 e. The van der Waals surface area contributed by atoms with Crippen molar-refractivity contribution in [3.05, 3.63) is 30.3 Å². The maximum Gasteiger partial charge on any atom is 0.141 e. The Bertz CT molecular complexity index is 450. The fraction of sp³-hybridized carbons (Fsp3) is 0.300. The normalized spacial score (nSPS) is 10.6. The van der Waals surface area contributed by atoms with Crippen LogP contribution in [0.15, 0.2) is 24.5 Å². The summed E-state index contributed by atoms with van der Waals surface area (Å²) in [6.45, 7) is 1.56. The molecule has 0 saturated carbocycles. The molecule has 2 rings (SSSR count). The highest BCUT2D eigenvalue weighted by molar-refractivity contribution is 5.51. The summed E-state index contributed by atoms with van der Waals surface area (Å²) < 4.78 is 14.4. The molecule has 0 fully saturated rings. The van der Waals surface area contributed by atoms with E-state index in [2.05, 4.69) is 20.6 Å². The van der Waals surface area contributed by atoms with Crippen molar-refractivity contribution in [3.63, 3.8) is 0 Å². The number of nitrogens with one attached hydrogen (secondary N) is 1. The Balaban J connectivity index is 2.15. The molecule has 2 aromatic heterocycles. The summed E-state index contributed by atoms with van der Waals surface area (Å²) in [6, 6.07) is 2.94. The maximum absolute atomic E-state index is 12.7. The molecule has 0 aromatic carbocycles. The van der Waals surface area contributed by atoms with Crippen LogP contribution in [0.5, 0.6) is 0 Å². The Morgan fingerprint density at radius 2 is 2.25 bits per heavy atom. The van der Waals surface area contributed by atoms with Crippen LogP contribution >= 0.6 is 0 Å². The molecule has 6 heteroatoms. The summed E-state index contributed by atoms with van der Waals surface area (Å²) in [6.07, 6.45) is 2.96. The second-order valence-corrected chi connectivity index (χ2v) is 3.33. The summed E-state index contributed by atoms with van der Waals surface area (Å²) in [5.41, 5.74) is 1.27. The summed E-state index contributed by atoms with van der Waals surface area (Å²) >= 11 is 0. The van der Waals surface area contributed by atoms with Gasteiger partial charge in [-0.1, -0.05) is 5.21 Å². The third kappa shape index (κ3) is 2.40. The van der Waals surface area contributed by atoms with Gasteiger partial charge in [0.2, 0.25) is 0 Å².